The van der Waals surface area contributed by atoms with Crippen LogP contribution in [0.5, 0.6) is 0 Å². The van der Waals surface area contributed by atoms with Gasteiger partial charge >= 0.3 is 5.97 Å². The molecule has 0 saturated carbocycles. The van der Waals surface area contributed by atoms with Gasteiger partial charge in [0.1, 0.15) is 5.60 Å². The van der Waals surface area contributed by atoms with Crippen molar-refractivity contribution >= 4 is 25.7 Å². The molecule has 0 radical (unpaired) electrons. The lowest BCUT2D eigenvalue weighted by Gasteiger charge is -2.50. The molecule has 1 aliphatic rings. The highest BCUT2D eigenvalue weighted by atomic mass is 28.4. The molecule has 2 aromatic carbocycles. The van der Waals surface area contributed by atoms with Crippen LogP contribution < -0.4 is 4.90 Å². The second kappa shape index (κ2) is 7.61. The van der Waals surface area contributed by atoms with E-state index in [0.29, 0.717) is 6.61 Å². The summed E-state index contributed by atoms with van der Waals surface area (Å²) in [4.78, 5) is 15.0. The fraction of sp³-hybridized carbons (Fsp3) is 0.458. The molecule has 1 aliphatic heterocycles. The molecule has 0 bridgehead atoms. The molecule has 4 nitrogen and oxygen atoms in total. The van der Waals surface area contributed by atoms with Gasteiger partial charge in [0.15, 0.2) is 8.32 Å². The Morgan fingerprint density at radius 2 is 1.48 bits per heavy atom. The Morgan fingerprint density at radius 3 is 1.93 bits per heavy atom. The van der Waals surface area contributed by atoms with E-state index in [2.05, 4.69) is 70.1 Å². The fourth-order valence-electron chi connectivity index (χ4n) is 3.83. The van der Waals surface area contributed by atoms with Crippen molar-refractivity contribution in [2.45, 2.75) is 57.8 Å². The fourth-order valence-corrected chi connectivity index (χ4v) is 5.30. The summed E-state index contributed by atoms with van der Waals surface area (Å²) >= 11 is 0. The Labute approximate surface area is 176 Å². The van der Waals surface area contributed by atoms with Gasteiger partial charge in [-0.25, -0.2) is 0 Å². The van der Waals surface area contributed by atoms with Crippen LogP contribution in [-0.4, -0.2) is 27.9 Å². The molecule has 0 aromatic heterocycles. The number of rotatable bonds is 5. The minimum absolute atomic E-state index is 0.00188. The highest BCUT2D eigenvalue weighted by Gasteiger charge is 2.51. The molecule has 0 spiro atoms. The second-order valence-corrected chi connectivity index (χ2v) is 14.0. The minimum Gasteiger partial charge on any atom is -0.466 e. The van der Waals surface area contributed by atoms with Crippen molar-refractivity contribution in [1.29, 1.82) is 0 Å². The largest absolute Gasteiger partial charge is 0.466 e. The van der Waals surface area contributed by atoms with Gasteiger partial charge in [-0.3, -0.25) is 4.79 Å². The van der Waals surface area contributed by atoms with Crippen LogP contribution in [0.1, 0.15) is 45.2 Å². The van der Waals surface area contributed by atoms with Crippen LogP contribution in [0, 0.1) is 0 Å². The van der Waals surface area contributed by atoms with Gasteiger partial charge in [0.05, 0.1) is 13.0 Å². The Kier molecular flexibility index (Phi) is 5.67. The first kappa shape index (κ1) is 21.6. The van der Waals surface area contributed by atoms with Crippen LogP contribution in [0.4, 0.5) is 11.4 Å². The quantitative estimate of drug-likeness (QED) is 0.448. The minimum atomic E-state index is -2.24. The molecule has 0 saturated heterocycles. The van der Waals surface area contributed by atoms with Gasteiger partial charge in [0, 0.05) is 29.5 Å². The smallest absolute Gasteiger partial charge is 0.309 e. The molecule has 5 heteroatoms. The maximum atomic E-state index is 12.9. The predicted molar refractivity (Wildman–Crippen MR) is 121 cm³/mol. The molecule has 29 heavy (non-hydrogen) atoms. The third-order valence-corrected chi connectivity index (χ3v) is 10.8. The van der Waals surface area contributed by atoms with Crippen LogP contribution >= 0.6 is 0 Å². The van der Waals surface area contributed by atoms with E-state index in [4.69, 9.17) is 9.16 Å². The summed E-state index contributed by atoms with van der Waals surface area (Å²) in [5.41, 5.74) is 3.32. The maximum Gasteiger partial charge on any atom is 0.309 e. The number of anilines is 2. The van der Waals surface area contributed by atoms with Gasteiger partial charge in [-0.15, -0.1) is 0 Å². The third kappa shape index (κ3) is 3.73. The topological polar surface area (TPSA) is 38.8 Å². The molecule has 156 valence electrons. The molecule has 3 rings (SSSR count). The summed E-state index contributed by atoms with van der Waals surface area (Å²) in [6.07, 6.45) is 0.162. The number of carbonyl (C=O) groups excluding carboxylic acids is 1. The Balaban J connectivity index is 2.30. The van der Waals surface area contributed by atoms with Gasteiger partial charge in [0.2, 0.25) is 0 Å². The molecule has 0 N–H and O–H groups in total. The number of benzene rings is 2. The highest BCUT2D eigenvalue weighted by molar-refractivity contribution is 6.74. The van der Waals surface area contributed by atoms with E-state index < -0.39 is 13.9 Å². The van der Waals surface area contributed by atoms with Crippen molar-refractivity contribution in [3.05, 3.63) is 59.7 Å². The van der Waals surface area contributed by atoms with E-state index in [9.17, 15) is 4.79 Å². The molecule has 2 aromatic rings. The Bertz CT molecular complexity index is 853. The average Bonchev–Trinajstić information content (AvgIpc) is 2.65. The Morgan fingerprint density at radius 1 is 1.00 bits per heavy atom. The summed E-state index contributed by atoms with van der Waals surface area (Å²) < 4.78 is 12.6. The number of hydrogen-bond donors (Lipinski definition) is 0. The van der Waals surface area contributed by atoms with Gasteiger partial charge in [0.25, 0.3) is 0 Å². The van der Waals surface area contributed by atoms with Crippen molar-refractivity contribution in [3.8, 4) is 0 Å². The van der Waals surface area contributed by atoms with Gasteiger partial charge in [-0.2, -0.15) is 0 Å². The SMILES string of the molecule is CCOC(=O)CC1(O[Si](C)(C)C(C)(C)C)c2ccccc2N(C)c2ccccc21. The molecular formula is C24H33NO3Si. The number of nitrogens with zero attached hydrogens (tertiary/aromatic N) is 1. The predicted octanol–water partition coefficient (Wildman–Crippen LogP) is 5.99. The summed E-state index contributed by atoms with van der Waals surface area (Å²) in [5, 5.41) is 0.00188. The molecule has 0 amide bonds. The number of carbonyl (C=O) groups is 1. The lowest BCUT2D eigenvalue weighted by molar-refractivity contribution is -0.147. The van der Waals surface area contributed by atoms with Crippen molar-refractivity contribution in [2.75, 3.05) is 18.6 Å². The highest BCUT2D eigenvalue weighted by Crippen LogP contribution is 2.54. The first-order valence-corrected chi connectivity index (χ1v) is 13.2. The van der Waals surface area contributed by atoms with Crippen LogP contribution in [0.2, 0.25) is 18.1 Å². The standard InChI is InChI=1S/C24H33NO3Si/c1-8-27-22(26)17-24(28-29(6,7)23(2,3)4)18-13-9-11-15-20(18)25(5)21-16-12-10-14-19(21)24/h9-16H,8,17H2,1-7H3. The molecule has 0 fully saturated rings. The summed E-state index contributed by atoms with van der Waals surface area (Å²) in [7, 11) is -0.172. The number of ether oxygens (including phenoxy) is 1. The average molecular weight is 412 g/mol. The first-order chi connectivity index (χ1) is 13.5. The zero-order valence-corrected chi connectivity index (χ0v) is 19.7. The number of hydrogen-bond acceptors (Lipinski definition) is 4. The molecule has 0 unspecified atom stereocenters. The maximum absolute atomic E-state index is 12.9. The van der Waals surface area contributed by atoms with Crippen LogP contribution in [0.3, 0.4) is 0 Å². The number of esters is 1. The van der Waals surface area contributed by atoms with Gasteiger partial charge < -0.3 is 14.1 Å². The van der Waals surface area contributed by atoms with Crippen LogP contribution in [-0.2, 0) is 19.6 Å². The summed E-state index contributed by atoms with van der Waals surface area (Å²) in [5.74, 6) is -0.236. The van der Waals surface area contributed by atoms with Gasteiger partial charge in [-0.05, 0) is 37.2 Å². The van der Waals surface area contributed by atoms with E-state index in [-0.39, 0.29) is 17.4 Å². The molecule has 0 atom stereocenters. The van der Waals surface area contributed by atoms with E-state index >= 15 is 0 Å². The van der Waals surface area contributed by atoms with Gasteiger partial charge in [-0.1, -0.05) is 57.2 Å². The summed E-state index contributed by atoms with van der Waals surface area (Å²) in [6, 6.07) is 16.5. The molecule has 0 aliphatic carbocycles. The van der Waals surface area contributed by atoms with Crippen LogP contribution in [0.15, 0.2) is 48.5 Å². The zero-order valence-electron chi connectivity index (χ0n) is 18.7. The third-order valence-electron chi connectivity index (χ3n) is 6.34. The second-order valence-electron chi connectivity index (χ2n) is 9.26. The number of fused-ring (bicyclic) bond motifs is 2. The normalized spacial score (nSPS) is 15.5. The summed E-state index contributed by atoms with van der Waals surface area (Å²) in [6.45, 7) is 13.4. The monoisotopic (exact) mass is 411 g/mol. The molecular weight excluding hydrogens is 378 g/mol. The first-order valence-electron chi connectivity index (χ1n) is 10.3. The lowest BCUT2D eigenvalue weighted by Crippen LogP contribution is -2.51. The van der Waals surface area contributed by atoms with Crippen molar-refractivity contribution in [1.82, 2.24) is 0 Å². The van der Waals surface area contributed by atoms with Crippen LogP contribution in [0.25, 0.3) is 0 Å². The van der Waals surface area contributed by atoms with Crippen molar-refractivity contribution < 1.29 is 14.0 Å². The van der Waals surface area contributed by atoms with E-state index in [1.807, 2.05) is 31.2 Å². The van der Waals surface area contributed by atoms with E-state index in [1.54, 1.807) is 0 Å². The lowest BCUT2D eigenvalue weighted by atomic mass is 9.78. The van der Waals surface area contributed by atoms with E-state index in [1.165, 1.54) is 0 Å². The van der Waals surface area contributed by atoms with Crippen molar-refractivity contribution in [3.63, 3.8) is 0 Å². The Hall–Kier alpha value is -2.11. The van der Waals surface area contributed by atoms with E-state index in [0.717, 1.165) is 22.5 Å². The number of para-hydroxylation sites is 2. The zero-order chi connectivity index (χ0) is 21.4. The molecule has 1 heterocycles. The van der Waals surface area contributed by atoms with Crippen molar-refractivity contribution in [2.24, 2.45) is 0 Å².